The molecule has 1 fully saturated rings. The molecule has 0 aromatic heterocycles. The molecule has 2 aromatic carbocycles. The number of anilines is 2. The first-order chi connectivity index (χ1) is 14.0. The van der Waals surface area contributed by atoms with Gasteiger partial charge in [-0.2, -0.15) is 0 Å². The highest BCUT2D eigenvalue weighted by Gasteiger charge is 2.21. The number of ether oxygens (including phenoxy) is 1. The van der Waals surface area contributed by atoms with Gasteiger partial charge in [-0.3, -0.25) is 9.59 Å². The normalized spacial score (nSPS) is 14.4. The summed E-state index contributed by atoms with van der Waals surface area (Å²) in [6.45, 7) is 5.91. The van der Waals surface area contributed by atoms with Crippen LogP contribution in [0.1, 0.15) is 53.8 Å². The SMILES string of the molecule is CC[C@@H](C)NC(=O)c1cc(NC(=O)c2cccc(OC)c2)ccc1N1CCCC1. The van der Waals surface area contributed by atoms with Crippen LogP contribution in [-0.4, -0.2) is 38.1 Å². The fourth-order valence-electron chi connectivity index (χ4n) is 3.40. The number of methoxy groups -OCH3 is 1. The molecule has 0 radical (unpaired) electrons. The predicted octanol–water partition coefficient (Wildman–Crippen LogP) is 4.08. The van der Waals surface area contributed by atoms with Crippen LogP contribution in [0.25, 0.3) is 0 Å². The van der Waals surface area contributed by atoms with Crippen LogP contribution in [-0.2, 0) is 0 Å². The lowest BCUT2D eigenvalue weighted by molar-refractivity contribution is 0.0938. The molecule has 0 saturated carbocycles. The molecule has 29 heavy (non-hydrogen) atoms. The fourth-order valence-corrected chi connectivity index (χ4v) is 3.40. The molecule has 0 unspecified atom stereocenters. The Morgan fingerprint density at radius 3 is 2.55 bits per heavy atom. The van der Waals surface area contributed by atoms with Gasteiger partial charge in [0.1, 0.15) is 5.75 Å². The van der Waals surface area contributed by atoms with Crippen LogP contribution in [0, 0.1) is 0 Å². The summed E-state index contributed by atoms with van der Waals surface area (Å²) in [5.41, 5.74) is 2.60. The summed E-state index contributed by atoms with van der Waals surface area (Å²) in [5, 5.41) is 5.94. The van der Waals surface area contributed by atoms with Gasteiger partial charge in [0.15, 0.2) is 0 Å². The number of hydrogen-bond donors (Lipinski definition) is 2. The minimum atomic E-state index is -0.244. The molecule has 6 nitrogen and oxygen atoms in total. The Kier molecular flexibility index (Phi) is 6.75. The van der Waals surface area contributed by atoms with E-state index in [1.165, 1.54) is 0 Å². The van der Waals surface area contributed by atoms with Gasteiger partial charge >= 0.3 is 0 Å². The highest BCUT2D eigenvalue weighted by Crippen LogP contribution is 2.28. The van der Waals surface area contributed by atoms with Crippen molar-refractivity contribution in [2.24, 2.45) is 0 Å². The molecule has 154 valence electrons. The van der Waals surface area contributed by atoms with E-state index >= 15 is 0 Å². The summed E-state index contributed by atoms with van der Waals surface area (Å²) < 4.78 is 5.19. The van der Waals surface area contributed by atoms with Crippen LogP contribution in [0.2, 0.25) is 0 Å². The van der Waals surface area contributed by atoms with E-state index in [9.17, 15) is 9.59 Å². The maximum atomic E-state index is 12.9. The number of nitrogens with zero attached hydrogens (tertiary/aromatic N) is 1. The van der Waals surface area contributed by atoms with Gasteiger partial charge in [-0.1, -0.05) is 13.0 Å². The van der Waals surface area contributed by atoms with Crippen LogP contribution in [0.4, 0.5) is 11.4 Å². The van der Waals surface area contributed by atoms with E-state index in [-0.39, 0.29) is 17.9 Å². The molecule has 6 heteroatoms. The van der Waals surface area contributed by atoms with Gasteiger partial charge in [-0.05, 0) is 62.6 Å². The van der Waals surface area contributed by atoms with Crippen molar-refractivity contribution < 1.29 is 14.3 Å². The second kappa shape index (κ2) is 9.45. The second-order valence-corrected chi connectivity index (χ2v) is 7.39. The van der Waals surface area contributed by atoms with E-state index in [0.717, 1.165) is 38.0 Å². The Bertz CT molecular complexity index is 875. The van der Waals surface area contributed by atoms with E-state index in [2.05, 4.69) is 15.5 Å². The third-order valence-corrected chi connectivity index (χ3v) is 5.27. The van der Waals surface area contributed by atoms with E-state index in [0.29, 0.717) is 22.6 Å². The molecule has 3 rings (SSSR count). The number of nitrogens with one attached hydrogen (secondary N) is 2. The zero-order valence-electron chi connectivity index (χ0n) is 17.3. The zero-order valence-corrected chi connectivity index (χ0v) is 17.3. The second-order valence-electron chi connectivity index (χ2n) is 7.39. The largest absolute Gasteiger partial charge is 0.497 e. The first kappa shape index (κ1) is 20.7. The molecule has 2 amide bonds. The summed E-state index contributed by atoms with van der Waals surface area (Å²) >= 11 is 0. The monoisotopic (exact) mass is 395 g/mol. The quantitative estimate of drug-likeness (QED) is 0.741. The molecule has 1 heterocycles. The summed E-state index contributed by atoms with van der Waals surface area (Å²) in [7, 11) is 1.57. The Labute approximate surface area is 172 Å². The number of hydrogen-bond acceptors (Lipinski definition) is 4. The third-order valence-electron chi connectivity index (χ3n) is 5.27. The van der Waals surface area contributed by atoms with Crippen molar-refractivity contribution in [2.75, 3.05) is 30.4 Å². The van der Waals surface area contributed by atoms with Crippen molar-refractivity contribution in [1.82, 2.24) is 5.32 Å². The Balaban J connectivity index is 1.86. The molecule has 0 bridgehead atoms. The highest BCUT2D eigenvalue weighted by atomic mass is 16.5. The zero-order chi connectivity index (χ0) is 20.8. The average molecular weight is 396 g/mol. The van der Waals surface area contributed by atoms with Gasteiger partial charge in [-0.25, -0.2) is 0 Å². The molecule has 0 aliphatic carbocycles. The average Bonchev–Trinajstić information content (AvgIpc) is 3.28. The number of carbonyl (C=O) groups is 2. The van der Waals surface area contributed by atoms with Gasteiger partial charge in [0.05, 0.1) is 12.7 Å². The smallest absolute Gasteiger partial charge is 0.255 e. The van der Waals surface area contributed by atoms with Crippen LogP contribution in [0.5, 0.6) is 5.75 Å². The van der Waals surface area contributed by atoms with Crippen molar-refractivity contribution in [3.05, 3.63) is 53.6 Å². The van der Waals surface area contributed by atoms with Crippen molar-refractivity contribution in [3.8, 4) is 5.75 Å². The molecular weight excluding hydrogens is 366 g/mol. The molecule has 0 spiro atoms. The molecule has 1 aliphatic rings. The minimum Gasteiger partial charge on any atom is -0.497 e. The fraction of sp³-hybridized carbons (Fsp3) is 0.391. The maximum absolute atomic E-state index is 12.9. The summed E-state index contributed by atoms with van der Waals surface area (Å²) in [4.78, 5) is 27.8. The molecule has 1 saturated heterocycles. The third kappa shape index (κ3) is 5.08. The first-order valence-electron chi connectivity index (χ1n) is 10.2. The van der Waals surface area contributed by atoms with E-state index in [1.807, 2.05) is 26.0 Å². The van der Waals surface area contributed by atoms with Crippen molar-refractivity contribution in [3.63, 3.8) is 0 Å². The van der Waals surface area contributed by atoms with E-state index in [1.54, 1.807) is 37.4 Å². The Morgan fingerprint density at radius 2 is 1.86 bits per heavy atom. The topological polar surface area (TPSA) is 70.7 Å². The van der Waals surface area contributed by atoms with E-state index in [4.69, 9.17) is 4.74 Å². The van der Waals surface area contributed by atoms with E-state index < -0.39 is 0 Å². The van der Waals surface area contributed by atoms with Gasteiger partial charge in [-0.15, -0.1) is 0 Å². The van der Waals surface area contributed by atoms with Crippen LogP contribution in [0.3, 0.4) is 0 Å². The van der Waals surface area contributed by atoms with Gasteiger partial charge < -0.3 is 20.3 Å². The number of rotatable bonds is 7. The maximum Gasteiger partial charge on any atom is 0.255 e. The van der Waals surface area contributed by atoms with Crippen LogP contribution >= 0.6 is 0 Å². The lowest BCUT2D eigenvalue weighted by Crippen LogP contribution is -2.33. The Morgan fingerprint density at radius 1 is 1.10 bits per heavy atom. The van der Waals surface area contributed by atoms with Gasteiger partial charge in [0, 0.05) is 36.1 Å². The lowest BCUT2D eigenvalue weighted by Gasteiger charge is -2.23. The predicted molar refractivity (Wildman–Crippen MR) is 116 cm³/mol. The molecule has 1 aliphatic heterocycles. The Hall–Kier alpha value is -3.02. The molecule has 2 aromatic rings. The summed E-state index contributed by atoms with van der Waals surface area (Å²) in [5.74, 6) is 0.264. The van der Waals surface area contributed by atoms with Gasteiger partial charge in [0.2, 0.25) is 0 Å². The standard InChI is InChI=1S/C23H29N3O3/c1-4-16(2)24-23(28)20-15-18(10-11-21(20)26-12-5-6-13-26)25-22(27)17-8-7-9-19(14-17)29-3/h7-11,14-16H,4-6,12-13H2,1-3H3,(H,24,28)(H,25,27)/t16-/m1/s1. The van der Waals surface area contributed by atoms with Crippen molar-refractivity contribution >= 4 is 23.2 Å². The number of benzene rings is 2. The van der Waals surface area contributed by atoms with Crippen LogP contribution < -0.4 is 20.3 Å². The van der Waals surface area contributed by atoms with Gasteiger partial charge in [0.25, 0.3) is 11.8 Å². The summed E-state index contributed by atoms with van der Waals surface area (Å²) in [6, 6.07) is 12.6. The lowest BCUT2D eigenvalue weighted by atomic mass is 10.1. The van der Waals surface area contributed by atoms with Crippen molar-refractivity contribution in [2.45, 2.75) is 39.2 Å². The highest BCUT2D eigenvalue weighted by molar-refractivity contribution is 6.06. The molecule has 1 atom stereocenters. The molecular formula is C23H29N3O3. The van der Waals surface area contributed by atoms with Crippen molar-refractivity contribution in [1.29, 1.82) is 0 Å². The number of carbonyl (C=O) groups excluding carboxylic acids is 2. The first-order valence-corrected chi connectivity index (χ1v) is 10.2. The number of amides is 2. The van der Waals surface area contributed by atoms with Crippen LogP contribution in [0.15, 0.2) is 42.5 Å². The summed E-state index contributed by atoms with van der Waals surface area (Å²) in [6.07, 6.45) is 3.11. The molecule has 2 N–H and O–H groups in total. The minimum absolute atomic E-state index is 0.0870.